The minimum absolute atomic E-state index is 0.376. The monoisotopic (exact) mass is 253 g/mol. The lowest BCUT2D eigenvalue weighted by atomic mass is 9.92. The molecule has 1 N–H and O–H groups in total. The molecule has 2 aromatic rings. The lowest BCUT2D eigenvalue weighted by Crippen LogP contribution is -2.18. The third-order valence-corrected chi connectivity index (χ3v) is 3.62. The maximum absolute atomic E-state index is 3.51. The summed E-state index contributed by atoms with van der Waals surface area (Å²) in [7, 11) is 0. The maximum atomic E-state index is 3.51. The van der Waals surface area contributed by atoms with Crippen LogP contribution in [0.15, 0.2) is 42.5 Å². The molecule has 1 nitrogen and oxygen atoms in total. The lowest BCUT2D eigenvalue weighted by molar-refractivity contribution is 0.599. The predicted molar refractivity (Wildman–Crippen MR) is 83.4 cm³/mol. The van der Waals surface area contributed by atoms with E-state index in [9.17, 15) is 0 Å². The van der Waals surface area contributed by atoms with Crippen LogP contribution in [0, 0.1) is 13.8 Å². The molecule has 0 saturated heterocycles. The van der Waals surface area contributed by atoms with Gasteiger partial charge in [0.1, 0.15) is 0 Å². The summed E-state index contributed by atoms with van der Waals surface area (Å²) >= 11 is 0. The summed E-state index contributed by atoms with van der Waals surface area (Å²) in [5.41, 5.74) is 6.71. The highest BCUT2D eigenvalue weighted by atomic mass is 14.9. The van der Waals surface area contributed by atoms with E-state index in [1.807, 2.05) is 0 Å². The molecule has 19 heavy (non-hydrogen) atoms. The molecule has 0 heterocycles. The van der Waals surface area contributed by atoms with Gasteiger partial charge < -0.3 is 5.32 Å². The van der Waals surface area contributed by atoms with Crippen LogP contribution in [-0.2, 0) is 0 Å². The maximum Gasteiger partial charge on any atom is 0.0297 e. The van der Waals surface area contributed by atoms with Crippen molar-refractivity contribution in [2.75, 3.05) is 6.54 Å². The van der Waals surface area contributed by atoms with Crippen molar-refractivity contribution in [3.8, 4) is 11.1 Å². The van der Waals surface area contributed by atoms with E-state index in [0.717, 1.165) is 6.54 Å². The SMILES string of the molecule is CCNC(C)c1ccccc1-c1cc(C)ccc1C. The predicted octanol–water partition coefficient (Wildman–Crippen LogP) is 4.64. The fourth-order valence-corrected chi connectivity index (χ4v) is 2.56. The van der Waals surface area contributed by atoms with Gasteiger partial charge in [-0.2, -0.15) is 0 Å². The molecular formula is C18H23N. The molecule has 0 saturated carbocycles. The van der Waals surface area contributed by atoms with Crippen molar-refractivity contribution in [2.45, 2.75) is 33.7 Å². The van der Waals surface area contributed by atoms with Gasteiger partial charge in [0.05, 0.1) is 0 Å². The lowest BCUT2D eigenvalue weighted by Gasteiger charge is -2.18. The first-order valence-electron chi connectivity index (χ1n) is 7.03. The number of nitrogens with one attached hydrogen (secondary N) is 1. The van der Waals surface area contributed by atoms with Crippen LogP contribution in [0.25, 0.3) is 11.1 Å². The van der Waals surface area contributed by atoms with Crippen LogP contribution in [0.3, 0.4) is 0 Å². The Morgan fingerprint density at radius 2 is 1.74 bits per heavy atom. The van der Waals surface area contributed by atoms with Gasteiger partial charge in [0, 0.05) is 6.04 Å². The molecule has 1 unspecified atom stereocenters. The van der Waals surface area contributed by atoms with Crippen molar-refractivity contribution in [3.05, 3.63) is 59.2 Å². The second kappa shape index (κ2) is 6.03. The third kappa shape index (κ3) is 3.05. The summed E-state index contributed by atoms with van der Waals surface area (Å²) in [4.78, 5) is 0. The fourth-order valence-electron chi connectivity index (χ4n) is 2.56. The Hall–Kier alpha value is -1.60. The van der Waals surface area contributed by atoms with Gasteiger partial charge in [0.15, 0.2) is 0 Å². The summed E-state index contributed by atoms with van der Waals surface area (Å²) < 4.78 is 0. The van der Waals surface area contributed by atoms with E-state index < -0.39 is 0 Å². The van der Waals surface area contributed by atoms with Crippen LogP contribution >= 0.6 is 0 Å². The zero-order valence-electron chi connectivity index (χ0n) is 12.3. The molecule has 2 rings (SSSR count). The topological polar surface area (TPSA) is 12.0 Å². The third-order valence-electron chi connectivity index (χ3n) is 3.62. The van der Waals surface area contributed by atoms with Crippen molar-refractivity contribution < 1.29 is 0 Å². The first-order chi connectivity index (χ1) is 9.13. The second-order valence-corrected chi connectivity index (χ2v) is 5.18. The molecule has 100 valence electrons. The summed E-state index contributed by atoms with van der Waals surface area (Å²) in [6.07, 6.45) is 0. The highest BCUT2D eigenvalue weighted by Crippen LogP contribution is 2.31. The number of rotatable bonds is 4. The average molecular weight is 253 g/mol. The van der Waals surface area contributed by atoms with E-state index in [2.05, 4.69) is 75.5 Å². The molecule has 0 fully saturated rings. The smallest absolute Gasteiger partial charge is 0.0297 e. The molecule has 0 aliphatic heterocycles. The van der Waals surface area contributed by atoms with Crippen molar-refractivity contribution in [3.63, 3.8) is 0 Å². The van der Waals surface area contributed by atoms with E-state index in [1.165, 1.54) is 27.8 Å². The standard InChI is InChI=1S/C18H23N/c1-5-19-15(4)16-8-6-7-9-17(16)18-12-13(2)10-11-14(18)3/h6-12,15,19H,5H2,1-4H3. The van der Waals surface area contributed by atoms with Gasteiger partial charge in [-0.25, -0.2) is 0 Å². The van der Waals surface area contributed by atoms with Crippen LogP contribution in [0.5, 0.6) is 0 Å². The molecular weight excluding hydrogens is 230 g/mol. The van der Waals surface area contributed by atoms with Crippen molar-refractivity contribution >= 4 is 0 Å². The van der Waals surface area contributed by atoms with E-state index >= 15 is 0 Å². The molecule has 2 aromatic carbocycles. The minimum atomic E-state index is 0.376. The molecule has 0 bridgehead atoms. The van der Waals surface area contributed by atoms with Crippen molar-refractivity contribution in [2.24, 2.45) is 0 Å². The Bertz CT molecular complexity index is 557. The van der Waals surface area contributed by atoms with Gasteiger partial charge in [-0.05, 0) is 49.6 Å². The molecule has 0 aliphatic rings. The Labute approximate surface area is 116 Å². The van der Waals surface area contributed by atoms with E-state index in [0.29, 0.717) is 6.04 Å². The highest BCUT2D eigenvalue weighted by Gasteiger charge is 2.12. The van der Waals surface area contributed by atoms with Crippen molar-refractivity contribution in [1.29, 1.82) is 0 Å². The molecule has 1 atom stereocenters. The molecule has 0 aliphatic carbocycles. The van der Waals surface area contributed by atoms with E-state index in [1.54, 1.807) is 0 Å². The van der Waals surface area contributed by atoms with Crippen LogP contribution in [0.4, 0.5) is 0 Å². The average Bonchev–Trinajstić information content (AvgIpc) is 2.42. The zero-order valence-corrected chi connectivity index (χ0v) is 12.3. The van der Waals surface area contributed by atoms with Gasteiger partial charge in [0.2, 0.25) is 0 Å². The zero-order chi connectivity index (χ0) is 13.8. The normalized spacial score (nSPS) is 12.4. The summed E-state index contributed by atoms with van der Waals surface area (Å²) in [6, 6.07) is 15.7. The van der Waals surface area contributed by atoms with Crippen LogP contribution in [-0.4, -0.2) is 6.54 Å². The first-order valence-corrected chi connectivity index (χ1v) is 7.03. The van der Waals surface area contributed by atoms with Gasteiger partial charge in [-0.15, -0.1) is 0 Å². The molecule has 0 aromatic heterocycles. The number of benzene rings is 2. The largest absolute Gasteiger partial charge is 0.310 e. The van der Waals surface area contributed by atoms with E-state index in [4.69, 9.17) is 0 Å². The van der Waals surface area contributed by atoms with Gasteiger partial charge in [0.25, 0.3) is 0 Å². The van der Waals surface area contributed by atoms with Crippen LogP contribution in [0.1, 0.15) is 36.6 Å². The molecule has 1 heteroatoms. The minimum Gasteiger partial charge on any atom is -0.310 e. The van der Waals surface area contributed by atoms with Gasteiger partial charge in [-0.3, -0.25) is 0 Å². The number of hydrogen-bond donors (Lipinski definition) is 1. The van der Waals surface area contributed by atoms with Crippen molar-refractivity contribution in [1.82, 2.24) is 5.32 Å². The Balaban J connectivity index is 2.53. The van der Waals surface area contributed by atoms with Gasteiger partial charge in [-0.1, -0.05) is 55.0 Å². The Kier molecular flexibility index (Phi) is 4.39. The van der Waals surface area contributed by atoms with Crippen LogP contribution < -0.4 is 5.32 Å². The molecule has 0 spiro atoms. The van der Waals surface area contributed by atoms with Crippen LogP contribution in [0.2, 0.25) is 0 Å². The quantitative estimate of drug-likeness (QED) is 0.837. The Morgan fingerprint density at radius 3 is 2.47 bits per heavy atom. The highest BCUT2D eigenvalue weighted by molar-refractivity contribution is 5.71. The first kappa shape index (κ1) is 13.8. The number of aryl methyl sites for hydroxylation is 2. The van der Waals surface area contributed by atoms with Gasteiger partial charge >= 0.3 is 0 Å². The summed E-state index contributed by atoms with van der Waals surface area (Å²) in [6.45, 7) is 9.70. The second-order valence-electron chi connectivity index (χ2n) is 5.18. The number of hydrogen-bond acceptors (Lipinski definition) is 1. The fraction of sp³-hybridized carbons (Fsp3) is 0.333. The van der Waals surface area contributed by atoms with E-state index in [-0.39, 0.29) is 0 Å². The summed E-state index contributed by atoms with van der Waals surface area (Å²) in [5.74, 6) is 0. The Morgan fingerprint density at radius 1 is 1.00 bits per heavy atom. The summed E-state index contributed by atoms with van der Waals surface area (Å²) in [5, 5.41) is 3.51. The molecule has 0 radical (unpaired) electrons. The molecule has 0 amide bonds.